The third-order valence-corrected chi connectivity index (χ3v) is 8.54. The van der Waals surface area contributed by atoms with Gasteiger partial charge in [-0.05, 0) is 37.8 Å². The summed E-state index contributed by atoms with van der Waals surface area (Å²) in [5, 5.41) is 4.54. The Balaban J connectivity index is 1.34. The predicted octanol–water partition coefficient (Wildman–Crippen LogP) is 2.04. The van der Waals surface area contributed by atoms with Crippen LogP contribution in [0.2, 0.25) is 0 Å². The molecule has 0 spiro atoms. The smallest absolute Gasteiger partial charge is 0.345 e. The van der Waals surface area contributed by atoms with Crippen LogP contribution in [0.25, 0.3) is 0 Å². The first-order chi connectivity index (χ1) is 14.9. The molecule has 2 aliphatic heterocycles. The fraction of sp³-hybridized carbons (Fsp3) is 0.619. The largest absolute Gasteiger partial charge is 0.486 e. The standard InChI is InChI=1S/C21H28N4O5S/c1-23-21(26)25(16-4-2-3-5-16)20(22-23)15-8-10-24(11-9-15)31(27,28)17-6-7-18-19(14-17)30-13-12-29-18/h6-7,14-16H,2-5,8-13H2,1H3. The van der Waals surface area contributed by atoms with Crippen LogP contribution < -0.4 is 15.2 Å². The molecule has 0 N–H and O–H groups in total. The topological polar surface area (TPSA) is 95.7 Å². The molecule has 0 unspecified atom stereocenters. The summed E-state index contributed by atoms with van der Waals surface area (Å²) in [4.78, 5) is 12.9. The molecule has 3 heterocycles. The second-order valence-corrected chi connectivity index (χ2v) is 10.5. The Morgan fingerprint density at radius 1 is 1.00 bits per heavy atom. The van der Waals surface area contributed by atoms with Crippen LogP contribution in [0.3, 0.4) is 0 Å². The van der Waals surface area contributed by atoms with Gasteiger partial charge in [0, 0.05) is 38.2 Å². The molecule has 0 amide bonds. The van der Waals surface area contributed by atoms with Gasteiger partial charge in [0.05, 0.1) is 4.90 Å². The van der Waals surface area contributed by atoms with Crippen LogP contribution in [0.4, 0.5) is 0 Å². The minimum Gasteiger partial charge on any atom is -0.486 e. The number of hydrogen-bond acceptors (Lipinski definition) is 6. The first-order valence-corrected chi connectivity index (χ1v) is 12.4. The van der Waals surface area contributed by atoms with Crippen molar-refractivity contribution in [3.63, 3.8) is 0 Å². The van der Waals surface area contributed by atoms with Crippen molar-refractivity contribution < 1.29 is 17.9 Å². The van der Waals surface area contributed by atoms with Crippen LogP contribution in [0.5, 0.6) is 11.5 Å². The molecule has 1 aliphatic carbocycles. The number of piperidine rings is 1. The number of sulfonamides is 1. The summed E-state index contributed by atoms with van der Waals surface area (Å²) in [6.07, 6.45) is 5.58. The Labute approximate surface area is 181 Å². The summed E-state index contributed by atoms with van der Waals surface area (Å²) in [5.74, 6) is 1.94. The van der Waals surface area contributed by atoms with Gasteiger partial charge in [-0.2, -0.15) is 9.40 Å². The normalized spacial score (nSPS) is 20.9. The monoisotopic (exact) mass is 448 g/mol. The van der Waals surface area contributed by atoms with E-state index in [0.717, 1.165) is 31.5 Å². The molecule has 9 nitrogen and oxygen atoms in total. The molecule has 1 aromatic carbocycles. The molecular weight excluding hydrogens is 420 g/mol. The van der Waals surface area contributed by atoms with Gasteiger partial charge in [0.25, 0.3) is 0 Å². The lowest BCUT2D eigenvalue weighted by Gasteiger charge is -2.31. The molecule has 1 saturated carbocycles. The fourth-order valence-electron chi connectivity index (χ4n) is 4.97. The molecule has 2 aromatic rings. The summed E-state index contributed by atoms with van der Waals surface area (Å²) in [6.45, 7) is 1.68. The molecular formula is C21H28N4O5S. The van der Waals surface area contributed by atoms with Crippen molar-refractivity contribution in [3.05, 3.63) is 34.5 Å². The fourth-order valence-corrected chi connectivity index (χ4v) is 6.46. The van der Waals surface area contributed by atoms with E-state index >= 15 is 0 Å². The van der Waals surface area contributed by atoms with E-state index in [-0.39, 0.29) is 22.5 Å². The number of ether oxygens (including phenoxy) is 2. The number of benzene rings is 1. The Bertz CT molecular complexity index is 1130. The lowest BCUT2D eigenvalue weighted by atomic mass is 9.97. The highest BCUT2D eigenvalue weighted by atomic mass is 32.2. The molecule has 168 valence electrons. The third kappa shape index (κ3) is 3.65. The van der Waals surface area contributed by atoms with Crippen LogP contribution in [-0.4, -0.2) is 53.4 Å². The zero-order chi connectivity index (χ0) is 21.6. The average molecular weight is 449 g/mol. The second kappa shape index (κ2) is 7.98. The van der Waals surface area contributed by atoms with Gasteiger partial charge in [0.15, 0.2) is 11.5 Å². The number of hydrogen-bond donors (Lipinski definition) is 0. The Morgan fingerprint density at radius 3 is 2.39 bits per heavy atom. The number of rotatable bonds is 4. The number of nitrogens with zero attached hydrogens (tertiary/aromatic N) is 4. The maximum Gasteiger partial charge on any atom is 0.345 e. The summed E-state index contributed by atoms with van der Waals surface area (Å²) in [6, 6.07) is 5.00. The van der Waals surface area contributed by atoms with Crippen LogP contribution in [0.15, 0.2) is 27.9 Å². The van der Waals surface area contributed by atoms with E-state index in [1.54, 1.807) is 25.2 Å². The molecule has 0 bridgehead atoms. The molecule has 2 fully saturated rings. The lowest BCUT2D eigenvalue weighted by Crippen LogP contribution is -2.38. The summed E-state index contributed by atoms with van der Waals surface area (Å²) in [5.41, 5.74) is -0.0618. The maximum absolute atomic E-state index is 13.2. The van der Waals surface area contributed by atoms with Gasteiger partial charge < -0.3 is 9.47 Å². The van der Waals surface area contributed by atoms with Gasteiger partial charge in [0.1, 0.15) is 19.0 Å². The first-order valence-electron chi connectivity index (χ1n) is 11.0. The summed E-state index contributed by atoms with van der Waals surface area (Å²) >= 11 is 0. The minimum absolute atomic E-state index is 0.0618. The van der Waals surface area contributed by atoms with Crippen molar-refractivity contribution >= 4 is 10.0 Å². The van der Waals surface area contributed by atoms with Gasteiger partial charge >= 0.3 is 5.69 Å². The predicted molar refractivity (Wildman–Crippen MR) is 113 cm³/mol. The van der Waals surface area contributed by atoms with Crippen molar-refractivity contribution in [1.29, 1.82) is 0 Å². The molecule has 1 saturated heterocycles. The van der Waals surface area contributed by atoms with Gasteiger partial charge in [-0.3, -0.25) is 4.57 Å². The van der Waals surface area contributed by atoms with E-state index in [0.29, 0.717) is 50.6 Å². The van der Waals surface area contributed by atoms with Crippen molar-refractivity contribution in [3.8, 4) is 11.5 Å². The third-order valence-electron chi connectivity index (χ3n) is 6.64. The Morgan fingerprint density at radius 2 is 1.68 bits per heavy atom. The van der Waals surface area contributed by atoms with E-state index in [1.165, 1.54) is 8.99 Å². The Kier molecular flexibility index (Phi) is 5.29. The van der Waals surface area contributed by atoms with Crippen LogP contribution in [0.1, 0.15) is 56.3 Å². The van der Waals surface area contributed by atoms with E-state index in [9.17, 15) is 13.2 Å². The first kappa shape index (κ1) is 20.6. The van der Waals surface area contributed by atoms with Gasteiger partial charge in [-0.25, -0.2) is 17.9 Å². The van der Waals surface area contributed by atoms with Gasteiger partial charge in [-0.15, -0.1) is 0 Å². The van der Waals surface area contributed by atoms with E-state index < -0.39 is 10.0 Å². The van der Waals surface area contributed by atoms with Crippen molar-refractivity contribution in [2.24, 2.45) is 7.05 Å². The van der Waals surface area contributed by atoms with Crippen LogP contribution in [0, 0.1) is 0 Å². The molecule has 10 heteroatoms. The van der Waals surface area contributed by atoms with Crippen LogP contribution in [-0.2, 0) is 17.1 Å². The SMILES string of the molecule is Cn1nc(C2CCN(S(=O)(=O)c3ccc4c(c3)OCCO4)CC2)n(C2CCCC2)c1=O. The Hall–Kier alpha value is -2.33. The number of fused-ring (bicyclic) bond motifs is 1. The highest BCUT2D eigenvalue weighted by molar-refractivity contribution is 7.89. The molecule has 1 aromatic heterocycles. The van der Waals surface area contributed by atoms with Crippen molar-refractivity contribution in [2.75, 3.05) is 26.3 Å². The van der Waals surface area contributed by atoms with Crippen molar-refractivity contribution in [1.82, 2.24) is 18.7 Å². The van der Waals surface area contributed by atoms with E-state index in [1.807, 2.05) is 4.57 Å². The summed E-state index contributed by atoms with van der Waals surface area (Å²) in [7, 11) is -1.93. The number of aryl methyl sites for hydroxylation is 1. The molecule has 0 radical (unpaired) electrons. The van der Waals surface area contributed by atoms with Crippen molar-refractivity contribution in [2.45, 2.75) is 55.4 Å². The van der Waals surface area contributed by atoms with Gasteiger partial charge in [0.2, 0.25) is 10.0 Å². The molecule has 5 rings (SSSR count). The van der Waals surface area contributed by atoms with Gasteiger partial charge in [-0.1, -0.05) is 12.8 Å². The minimum atomic E-state index is -3.63. The highest BCUT2D eigenvalue weighted by Crippen LogP contribution is 2.36. The molecule has 3 aliphatic rings. The lowest BCUT2D eigenvalue weighted by molar-refractivity contribution is 0.171. The average Bonchev–Trinajstić information content (AvgIpc) is 3.42. The quantitative estimate of drug-likeness (QED) is 0.710. The van der Waals surface area contributed by atoms with Crippen LogP contribution >= 0.6 is 0 Å². The van der Waals surface area contributed by atoms with E-state index in [2.05, 4.69) is 5.10 Å². The zero-order valence-electron chi connectivity index (χ0n) is 17.7. The zero-order valence-corrected chi connectivity index (χ0v) is 18.5. The number of aromatic nitrogens is 3. The molecule has 0 atom stereocenters. The molecule has 31 heavy (non-hydrogen) atoms. The summed E-state index contributed by atoms with van der Waals surface area (Å²) < 4.78 is 42.3. The van der Waals surface area contributed by atoms with E-state index in [4.69, 9.17) is 9.47 Å². The maximum atomic E-state index is 13.2. The highest BCUT2D eigenvalue weighted by Gasteiger charge is 2.34. The second-order valence-electron chi connectivity index (χ2n) is 8.56.